The minimum Gasteiger partial charge on any atom is -0.456 e. The number of hydrogen-bond acceptors (Lipinski definition) is 8. The van der Waals surface area contributed by atoms with E-state index in [1.54, 1.807) is 0 Å². The lowest BCUT2D eigenvalue weighted by Gasteiger charge is -2.51. The van der Waals surface area contributed by atoms with Crippen LogP contribution in [-0.2, 0) is 0 Å². The quantitative estimate of drug-likeness (QED) is 0.128. The van der Waals surface area contributed by atoms with Crippen molar-refractivity contribution in [1.82, 2.24) is 0 Å². The van der Waals surface area contributed by atoms with E-state index in [9.17, 15) is 0 Å². The first kappa shape index (κ1) is 52.0. The van der Waals surface area contributed by atoms with Crippen molar-refractivity contribution in [2.45, 2.75) is 0 Å². The zero-order chi connectivity index (χ0) is 63.0. The summed E-state index contributed by atoms with van der Waals surface area (Å²) in [6.07, 6.45) is 0. The molecule has 12 heteroatoms. The minimum absolute atomic E-state index is 0.0522. The summed E-state index contributed by atoms with van der Waals surface area (Å²) < 4.78 is 7.54. The van der Waals surface area contributed by atoms with Gasteiger partial charge in [0.05, 0.1) is 10.8 Å². The Morgan fingerprint density at radius 3 is 0.742 bits per heavy atom. The summed E-state index contributed by atoms with van der Waals surface area (Å²) in [5, 5.41) is 1.10. The minimum atomic E-state index is -0.256. The van der Waals surface area contributed by atoms with Gasteiger partial charge in [-0.05, 0) is 175 Å². The average molecular weight is 1230 g/mol. The summed E-state index contributed by atoms with van der Waals surface area (Å²) in [4.78, 5) is 31.6. The lowest BCUT2D eigenvalue weighted by Crippen LogP contribution is -2.68. The first-order valence-electron chi connectivity index (χ1n) is 33.7. The molecule has 8 nitrogen and oxygen atoms in total. The van der Waals surface area contributed by atoms with Crippen molar-refractivity contribution in [2.75, 3.05) is 29.4 Å². The van der Waals surface area contributed by atoms with E-state index in [1.165, 1.54) is 77.4 Å². The van der Waals surface area contributed by atoms with E-state index >= 15 is 4.79 Å². The fraction of sp³-hybridized carbons (Fsp3) is 0. The molecule has 0 spiro atoms. The van der Waals surface area contributed by atoms with Crippen molar-refractivity contribution in [1.29, 1.82) is 0 Å². The van der Waals surface area contributed by atoms with Crippen molar-refractivity contribution in [3.05, 3.63) is 314 Å². The molecule has 8 aliphatic rings. The molecule has 0 amide bonds. The number of nitrogens with zero attached hydrogens (tertiary/aromatic N) is 6. The number of rotatable bonds is 4. The van der Waals surface area contributed by atoms with Gasteiger partial charge in [0.25, 0.3) is 26.9 Å². The van der Waals surface area contributed by atoms with E-state index in [2.05, 4.69) is 333 Å². The number of anilines is 18. The largest absolute Gasteiger partial charge is 0.456 e. The van der Waals surface area contributed by atoms with Gasteiger partial charge in [0, 0.05) is 115 Å². The molecular weight excluding hydrogens is 1180 g/mol. The Morgan fingerprint density at radius 1 is 0.216 bits per heavy atom. The molecular formula is C85H50B4N6O2. The third kappa shape index (κ3) is 6.64. The summed E-state index contributed by atoms with van der Waals surface area (Å²) >= 11 is 0. The highest BCUT2D eigenvalue weighted by atomic mass is 16.3. The Kier molecular flexibility index (Phi) is 10.2. The predicted octanol–water partition coefficient (Wildman–Crippen LogP) is 12.3. The third-order valence-electron chi connectivity index (χ3n) is 22.3. The molecule has 9 heterocycles. The lowest BCUT2D eigenvalue weighted by atomic mass is 9.28. The smallest absolute Gasteiger partial charge is 0.252 e. The Morgan fingerprint density at radius 2 is 0.454 bits per heavy atom. The van der Waals surface area contributed by atoms with Crippen LogP contribution in [0.1, 0.15) is 0 Å². The maximum atomic E-state index is 16.6. The Labute approximate surface area is 560 Å². The standard InChI is InChI=1S/C85H50B4N6O2/c96-85-55-45-63-71(92(53-29-9-3-10-30-53)75-47-73-79-83-81(75)88(63)61-37-17-23-43-69(61)94(83)67-41-21-15-35-59(67)86(79)57-33-13-19-39-65(57)90(73)51-25-5-1-6-26-51)49-77(55)97-78-50-72-64(46-56(78)85)89-62-38-18-24-44-70(62)95-68-42-22-16-36-60(68)87-58-34-14-20-40-66(58)91(52-27-7-2-8-28-52)74-48-76(82(89)84(95)80(74)87)93(72)54-31-11-4-12-32-54/h1-50H. The summed E-state index contributed by atoms with van der Waals surface area (Å²) in [6, 6.07) is 111. The maximum Gasteiger partial charge on any atom is 0.252 e. The van der Waals surface area contributed by atoms with Crippen LogP contribution in [0.4, 0.5) is 102 Å². The van der Waals surface area contributed by atoms with Gasteiger partial charge in [-0.2, -0.15) is 0 Å². The van der Waals surface area contributed by atoms with Crippen LogP contribution in [0.5, 0.6) is 0 Å². The number of para-hydroxylation sites is 10. The molecule has 14 aromatic carbocycles. The Balaban J connectivity index is 0.804. The Hall–Kier alpha value is -12.4. The maximum absolute atomic E-state index is 16.6. The van der Waals surface area contributed by atoms with E-state index < -0.39 is 0 Å². The van der Waals surface area contributed by atoms with Crippen molar-refractivity contribution in [3.8, 4) is 0 Å². The van der Waals surface area contributed by atoms with Crippen LogP contribution < -0.4 is 100 Å². The third-order valence-corrected chi connectivity index (χ3v) is 22.3. The summed E-state index contributed by atoms with van der Waals surface area (Å²) in [5.74, 6) is 0. The van der Waals surface area contributed by atoms with Gasteiger partial charge in [0.15, 0.2) is 5.43 Å². The highest BCUT2D eigenvalue weighted by Gasteiger charge is 2.54. The first-order chi connectivity index (χ1) is 48.1. The van der Waals surface area contributed by atoms with Gasteiger partial charge in [-0.1, -0.05) is 182 Å². The van der Waals surface area contributed by atoms with E-state index in [4.69, 9.17) is 4.42 Å². The van der Waals surface area contributed by atoms with Crippen LogP contribution in [0.25, 0.3) is 21.9 Å². The highest BCUT2D eigenvalue weighted by Crippen LogP contribution is 2.53. The van der Waals surface area contributed by atoms with Gasteiger partial charge in [-0.25, -0.2) is 0 Å². The summed E-state index contributed by atoms with van der Waals surface area (Å²) in [5.41, 5.74) is 35.5. The van der Waals surface area contributed by atoms with E-state index in [-0.39, 0.29) is 32.3 Å². The summed E-state index contributed by atoms with van der Waals surface area (Å²) in [6.45, 7) is -0.617. The molecule has 0 bridgehead atoms. The Bertz CT molecular complexity index is 5710. The lowest BCUT2D eigenvalue weighted by molar-refractivity contribution is 0.660. The molecule has 0 saturated carbocycles. The van der Waals surface area contributed by atoms with Crippen molar-refractivity contribution >= 4 is 217 Å². The SMILES string of the molecule is O=c1c2cc3c(cc2oc2cc4c(cc12)B1c2ccccc2N2c5ccccc5B5c6ccccc6N(c6ccccc6)c6cc(c1c2c65)N4c1ccccc1)N(c1ccccc1)c1cc2c4c5c1B3c1ccccc1N5c1ccccc1B4c1ccccc1N2c1ccccc1. The first-order valence-corrected chi connectivity index (χ1v) is 33.7. The highest BCUT2D eigenvalue weighted by molar-refractivity contribution is 7.06. The normalized spacial score (nSPS) is 14.4. The molecule has 15 aromatic rings. The van der Waals surface area contributed by atoms with Crippen LogP contribution in [0, 0.1) is 0 Å². The second-order valence-electron chi connectivity index (χ2n) is 26.9. The molecule has 97 heavy (non-hydrogen) atoms. The molecule has 0 N–H and O–H groups in total. The fourth-order valence-electron chi connectivity index (χ4n) is 18.7. The zero-order valence-electron chi connectivity index (χ0n) is 52.2. The molecule has 1 aromatic heterocycles. The van der Waals surface area contributed by atoms with E-state index in [1.807, 2.05) is 0 Å². The van der Waals surface area contributed by atoms with Gasteiger partial charge in [-0.15, -0.1) is 0 Å². The van der Waals surface area contributed by atoms with E-state index in [0.29, 0.717) is 21.9 Å². The fourth-order valence-corrected chi connectivity index (χ4v) is 18.7. The molecule has 0 fully saturated rings. The second kappa shape index (κ2) is 18.9. The number of benzene rings is 14. The molecule has 23 rings (SSSR count). The monoisotopic (exact) mass is 1230 g/mol. The van der Waals surface area contributed by atoms with E-state index in [0.717, 1.165) is 90.5 Å². The molecule has 0 atom stereocenters. The molecule has 0 unspecified atom stereocenters. The van der Waals surface area contributed by atoms with Gasteiger partial charge in [0.1, 0.15) is 11.2 Å². The van der Waals surface area contributed by atoms with Gasteiger partial charge in [-0.3, -0.25) is 4.79 Å². The summed E-state index contributed by atoms with van der Waals surface area (Å²) in [7, 11) is 0. The molecule has 0 aliphatic carbocycles. The van der Waals surface area contributed by atoms with Crippen LogP contribution in [0.15, 0.2) is 313 Å². The number of hydrogen-bond donors (Lipinski definition) is 0. The zero-order valence-corrected chi connectivity index (χ0v) is 52.2. The molecule has 0 saturated heterocycles. The average Bonchev–Trinajstić information content (AvgIpc) is 0.674. The predicted molar refractivity (Wildman–Crippen MR) is 407 cm³/mol. The van der Waals surface area contributed by atoms with Crippen molar-refractivity contribution in [2.24, 2.45) is 0 Å². The molecule has 0 radical (unpaired) electrons. The van der Waals surface area contributed by atoms with Crippen molar-refractivity contribution in [3.63, 3.8) is 0 Å². The van der Waals surface area contributed by atoms with Crippen LogP contribution >= 0.6 is 0 Å². The van der Waals surface area contributed by atoms with Crippen LogP contribution in [-0.4, -0.2) is 26.9 Å². The van der Waals surface area contributed by atoms with Crippen LogP contribution in [0.2, 0.25) is 0 Å². The van der Waals surface area contributed by atoms with Crippen molar-refractivity contribution < 1.29 is 4.42 Å². The van der Waals surface area contributed by atoms with Gasteiger partial charge < -0.3 is 33.8 Å². The molecule has 444 valence electrons. The number of fused-ring (bicyclic) bond motifs is 22. The topological polar surface area (TPSA) is 49.7 Å². The van der Waals surface area contributed by atoms with Gasteiger partial charge in [0.2, 0.25) is 0 Å². The molecule has 8 aliphatic heterocycles. The van der Waals surface area contributed by atoms with Crippen LogP contribution in [0.3, 0.4) is 0 Å². The van der Waals surface area contributed by atoms with Gasteiger partial charge >= 0.3 is 0 Å². The second-order valence-corrected chi connectivity index (χ2v) is 26.9.